The van der Waals surface area contributed by atoms with Crippen molar-refractivity contribution >= 4 is 11.3 Å². The number of aryl methyl sites for hydroxylation is 1. The van der Waals surface area contributed by atoms with Gasteiger partial charge in [-0.2, -0.15) is 0 Å². The van der Waals surface area contributed by atoms with E-state index < -0.39 is 0 Å². The fraction of sp³-hybridized carbons (Fsp3) is 0.438. The van der Waals surface area contributed by atoms with Gasteiger partial charge in [0, 0.05) is 16.6 Å². The smallest absolute Gasteiger partial charge is 0.124 e. The van der Waals surface area contributed by atoms with Gasteiger partial charge in [0.2, 0.25) is 0 Å². The summed E-state index contributed by atoms with van der Waals surface area (Å²) in [7, 11) is 0. The van der Waals surface area contributed by atoms with Crippen LogP contribution in [0.2, 0.25) is 0 Å². The molecule has 1 unspecified atom stereocenters. The van der Waals surface area contributed by atoms with Crippen LogP contribution in [0, 0.1) is 6.92 Å². The Morgan fingerprint density at radius 1 is 1.30 bits per heavy atom. The number of thiazole rings is 1. The van der Waals surface area contributed by atoms with Crippen molar-refractivity contribution in [1.29, 1.82) is 0 Å². The van der Waals surface area contributed by atoms with Gasteiger partial charge in [0.05, 0.1) is 17.7 Å². The van der Waals surface area contributed by atoms with E-state index in [1.54, 1.807) is 11.3 Å². The molecular weight excluding hydrogens is 268 g/mol. The summed E-state index contributed by atoms with van der Waals surface area (Å²) in [5.41, 5.74) is 1.19. The largest absolute Gasteiger partial charge is 0.494 e. The third-order valence-corrected chi connectivity index (χ3v) is 4.03. The molecule has 0 fully saturated rings. The molecule has 2 aromatic rings. The van der Waals surface area contributed by atoms with Crippen molar-refractivity contribution in [3.8, 4) is 5.75 Å². The van der Waals surface area contributed by atoms with Crippen LogP contribution in [-0.4, -0.2) is 18.1 Å². The second-order valence-corrected chi connectivity index (χ2v) is 5.91. The molecule has 0 saturated carbocycles. The SMILES string of the molecule is CCCNC(c1cnc(C)s1)c1ccccc1OCC. The average molecular weight is 290 g/mol. The molecule has 1 N–H and O–H groups in total. The van der Waals surface area contributed by atoms with Crippen molar-refractivity contribution in [3.05, 3.63) is 45.9 Å². The third kappa shape index (κ3) is 3.58. The van der Waals surface area contributed by atoms with Crippen LogP contribution in [0.25, 0.3) is 0 Å². The van der Waals surface area contributed by atoms with Crippen molar-refractivity contribution in [2.45, 2.75) is 33.2 Å². The van der Waals surface area contributed by atoms with Crippen molar-refractivity contribution in [2.24, 2.45) is 0 Å². The second kappa shape index (κ2) is 7.41. The predicted octanol–water partition coefficient (Wildman–Crippen LogP) is 3.94. The molecule has 0 bridgehead atoms. The van der Waals surface area contributed by atoms with Gasteiger partial charge in [-0.1, -0.05) is 25.1 Å². The van der Waals surface area contributed by atoms with Crippen molar-refractivity contribution in [3.63, 3.8) is 0 Å². The fourth-order valence-electron chi connectivity index (χ4n) is 2.17. The minimum Gasteiger partial charge on any atom is -0.494 e. The molecule has 2 rings (SSSR count). The zero-order valence-corrected chi connectivity index (χ0v) is 13.2. The maximum Gasteiger partial charge on any atom is 0.124 e. The number of nitrogens with zero attached hydrogens (tertiary/aromatic N) is 1. The topological polar surface area (TPSA) is 34.2 Å². The number of para-hydroxylation sites is 1. The number of aromatic nitrogens is 1. The van der Waals surface area contributed by atoms with Gasteiger partial charge in [0.15, 0.2) is 0 Å². The normalized spacial score (nSPS) is 12.3. The molecule has 0 radical (unpaired) electrons. The molecule has 0 aliphatic carbocycles. The van der Waals surface area contributed by atoms with E-state index in [0.717, 1.165) is 23.7 Å². The third-order valence-electron chi connectivity index (χ3n) is 3.05. The van der Waals surface area contributed by atoms with Crippen LogP contribution in [0.1, 0.15) is 41.8 Å². The van der Waals surface area contributed by atoms with E-state index >= 15 is 0 Å². The van der Waals surface area contributed by atoms with Crippen molar-refractivity contribution < 1.29 is 4.74 Å². The molecule has 0 aliphatic heterocycles. The summed E-state index contributed by atoms with van der Waals surface area (Å²) in [6, 6.07) is 8.40. The quantitative estimate of drug-likeness (QED) is 0.838. The van der Waals surface area contributed by atoms with E-state index in [0.29, 0.717) is 6.61 Å². The lowest BCUT2D eigenvalue weighted by molar-refractivity contribution is 0.333. The molecule has 1 heterocycles. The highest BCUT2D eigenvalue weighted by Gasteiger charge is 2.19. The Morgan fingerprint density at radius 2 is 2.10 bits per heavy atom. The first-order valence-electron chi connectivity index (χ1n) is 7.13. The number of benzene rings is 1. The summed E-state index contributed by atoms with van der Waals surface area (Å²) < 4.78 is 5.77. The molecule has 0 aliphatic rings. The highest BCUT2D eigenvalue weighted by molar-refractivity contribution is 7.11. The van der Waals surface area contributed by atoms with Crippen LogP contribution in [0.5, 0.6) is 5.75 Å². The number of rotatable bonds is 7. The Kier molecular flexibility index (Phi) is 5.56. The Labute approximate surface area is 125 Å². The minimum atomic E-state index is 0.156. The number of hydrogen-bond donors (Lipinski definition) is 1. The second-order valence-electron chi connectivity index (χ2n) is 4.64. The first-order chi connectivity index (χ1) is 9.76. The molecule has 0 amide bonds. The standard InChI is InChI=1S/C16H22N2OS/c1-4-10-17-16(15-11-18-12(3)20-15)13-8-6-7-9-14(13)19-5-2/h6-9,11,16-17H,4-5,10H2,1-3H3. The highest BCUT2D eigenvalue weighted by Crippen LogP contribution is 2.32. The van der Waals surface area contributed by atoms with E-state index in [9.17, 15) is 0 Å². The highest BCUT2D eigenvalue weighted by atomic mass is 32.1. The van der Waals surface area contributed by atoms with Crippen LogP contribution in [0.3, 0.4) is 0 Å². The fourth-order valence-corrected chi connectivity index (χ4v) is 3.05. The minimum absolute atomic E-state index is 0.156. The first kappa shape index (κ1) is 15.0. The summed E-state index contributed by atoms with van der Waals surface area (Å²) in [4.78, 5) is 5.62. The van der Waals surface area contributed by atoms with Crippen LogP contribution in [0.15, 0.2) is 30.5 Å². The number of hydrogen-bond acceptors (Lipinski definition) is 4. The first-order valence-corrected chi connectivity index (χ1v) is 7.95. The van der Waals surface area contributed by atoms with E-state index in [1.807, 2.05) is 32.2 Å². The zero-order chi connectivity index (χ0) is 14.4. The van der Waals surface area contributed by atoms with Gasteiger partial charge in [-0.25, -0.2) is 4.98 Å². The molecule has 0 saturated heterocycles. The predicted molar refractivity (Wildman–Crippen MR) is 84.6 cm³/mol. The van der Waals surface area contributed by atoms with Gasteiger partial charge in [0.1, 0.15) is 5.75 Å². The monoisotopic (exact) mass is 290 g/mol. The van der Waals surface area contributed by atoms with Gasteiger partial charge in [-0.15, -0.1) is 11.3 Å². The van der Waals surface area contributed by atoms with E-state index in [1.165, 1.54) is 10.4 Å². The lowest BCUT2D eigenvalue weighted by Crippen LogP contribution is -2.23. The Bertz CT molecular complexity index is 539. The lowest BCUT2D eigenvalue weighted by Gasteiger charge is -2.20. The Morgan fingerprint density at radius 3 is 2.75 bits per heavy atom. The summed E-state index contributed by atoms with van der Waals surface area (Å²) in [5.74, 6) is 0.953. The molecule has 20 heavy (non-hydrogen) atoms. The molecule has 4 heteroatoms. The van der Waals surface area contributed by atoms with E-state index in [-0.39, 0.29) is 6.04 Å². The average Bonchev–Trinajstić information content (AvgIpc) is 2.88. The number of nitrogens with one attached hydrogen (secondary N) is 1. The molecule has 108 valence electrons. The van der Waals surface area contributed by atoms with Gasteiger partial charge >= 0.3 is 0 Å². The molecule has 3 nitrogen and oxygen atoms in total. The molecule has 1 atom stereocenters. The van der Waals surface area contributed by atoms with Gasteiger partial charge in [0.25, 0.3) is 0 Å². The summed E-state index contributed by atoms with van der Waals surface area (Å²) >= 11 is 1.74. The molecule has 0 spiro atoms. The zero-order valence-electron chi connectivity index (χ0n) is 12.3. The van der Waals surface area contributed by atoms with Gasteiger partial charge in [-0.3, -0.25) is 0 Å². The maximum absolute atomic E-state index is 5.77. The van der Waals surface area contributed by atoms with Crippen LogP contribution in [-0.2, 0) is 0 Å². The summed E-state index contributed by atoms with van der Waals surface area (Å²) in [6.07, 6.45) is 3.07. The Balaban J connectivity index is 2.35. The lowest BCUT2D eigenvalue weighted by atomic mass is 10.0. The maximum atomic E-state index is 5.77. The molecule has 1 aromatic heterocycles. The van der Waals surface area contributed by atoms with Crippen LogP contribution >= 0.6 is 11.3 Å². The van der Waals surface area contributed by atoms with Crippen LogP contribution in [0.4, 0.5) is 0 Å². The van der Waals surface area contributed by atoms with Crippen molar-refractivity contribution in [1.82, 2.24) is 10.3 Å². The molecular formula is C16H22N2OS. The number of ether oxygens (including phenoxy) is 1. The summed E-state index contributed by atoms with van der Waals surface area (Å²) in [5, 5.41) is 4.70. The van der Waals surface area contributed by atoms with Crippen LogP contribution < -0.4 is 10.1 Å². The Hall–Kier alpha value is -1.39. The van der Waals surface area contributed by atoms with Crippen molar-refractivity contribution in [2.75, 3.05) is 13.2 Å². The summed E-state index contributed by atoms with van der Waals surface area (Å²) in [6.45, 7) is 7.89. The van der Waals surface area contributed by atoms with Gasteiger partial charge in [-0.05, 0) is 32.9 Å². The van der Waals surface area contributed by atoms with E-state index in [4.69, 9.17) is 4.74 Å². The van der Waals surface area contributed by atoms with E-state index in [2.05, 4.69) is 29.4 Å². The van der Waals surface area contributed by atoms with Gasteiger partial charge < -0.3 is 10.1 Å². The molecule has 1 aromatic carbocycles.